The summed E-state index contributed by atoms with van der Waals surface area (Å²) in [5.41, 5.74) is 2.36. The molecule has 3 atom stereocenters. The van der Waals surface area contributed by atoms with Crippen LogP contribution in [0, 0.1) is 6.92 Å². The molecule has 3 heterocycles. The van der Waals surface area contributed by atoms with Crippen molar-refractivity contribution in [3.8, 4) is 0 Å². The van der Waals surface area contributed by atoms with Crippen LogP contribution < -0.4 is 0 Å². The number of rotatable bonds is 4. The van der Waals surface area contributed by atoms with Crippen molar-refractivity contribution in [1.82, 2.24) is 9.80 Å². The molecule has 0 aliphatic carbocycles. The predicted molar refractivity (Wildman–Crippen MR) is 99.1 cm³/mol. The smallest absolute Gasteiger partial charge is 0.326 e. The third kappa shape index (κ3) is 3.12. The Morgan fingerprint density at radius 1 is 1.19 bits per heavy atom. The number of aliphatic carboxylic acids is 1. The zero-order valence-electron chi connectivity index (χ0n) is 15.0. The van der Waals surface area contributed by atoms with Crippen molar-refractivity contribution < 1.29 is 14.7 Å². The summed E-state index contributed by atoms with van der Waals surface area (Å²) in [6, 6.07) is 6.50. The third-order valence-corrected chi connectivity index (χ3v) is 6.80. The van der Waals surface area contributed by atoms with Crippen LogP contribution in [0.3, 0.4) is 0 Å². The average molecular weight is 377 g/mol. The van der Waals surface area contributed by atoms with Gasteiger partial charge in [-0.25, -0.2) is 4.79 Å². The molecule has 2 bridgehead atoms. The largest absolute Gasteiger partial charge is 0.480 e. The Hall–Kier alpha value is -1.59. The number of benzene rings is 1. The maximum Gasteiger partial charge on any atom is 0.326 e. The summed E-state index contributed by atoms with van der Waals surface area (Å²) in [6.07, 6.45) is 4.86. The first-order valence-electron chi connectivity index (χ1n) is 9.49. The first-order chi connectivity index (χ1) is 12.4. The van der Waals surface area contributed by atoms with E-state index in [2.05, 4.69) is 17.0 Å². The van der Waals surface area contributed by atoms with Crippen LogP contribution in [0.2, 0.25) is 5.02 Å². The van der Waals surface area contributed by atoms with E-state index in [-0.39, 0.29) is 11.9 Å². The minimum Gasteiger partial charge on any atom is -0.480 e. The highest BCUT2D eigenvalue weighted by atomic mass is 35.5. The van der Waals surface area contributed by atoms with Crippen LogP contribution in [-0.4, -0.2) is 51.0 Å². The van der Waals surface area contributed by atoms with E-state index in [9.17, 15) is 14.7 Å². The predicted octanol–water partition coefficient (Wildman–Crippen LogP) is 3.22. The Kier molecular flexibility index (Phi) is 4.70. The van der Waals surface area contributed by atoms with Crippen molar-refractivity contribution in [2.24, 2.45) is 0 Å². The summed E-state index contributed by atoms with van der Waals surface area (Å²) >= 11 is 6.14. The van der Waals surface area contributed by atoms with Crippen molar-refractivity contribution in [2.45, 2.75) is 76.2 Å². The lowest BCUT2D eigenvalue weighted by Crippen LogP contribution is -2.53. The topological polar surface area (TPSA) is 60.9 Å². The molecule has 140 valence electrons. The first-order valence-corrected chi connectivity index (χ1v) is 9.86. The van der Waals surface area contributed by atoms with Crippen LogP contribution in [-0.2, 0) is 16.1 Å². The van der Waals surface area contributed by atoms with Crippen LogP contribution in [0.4, 0.5) is 0 Å². The van der Waals surface area contributed by atoms with Gasteiger partial charge in [0.15, 0.2) is 0 Å². The molecule has 3 fully saturated rings. The zero-order valence-corrected chi connectivity index (χ0v) is 15.8. The Morgan fingerprint density at radius 3 is 2.50 bits per heavy atom. The van der Waals surface area contributed by atoms with Crippen LogP contribution >= 0.6 is 11.6 Å². The number of carboxylic acid groups (broad SMARTS) is 1. The van der Waals surface area contributed by atoms with Crippen LogP contribution in [0.1, 0.15) is 49.7 Å². The molecule has 0 radical (unpaired) electrons. The zero-order chi connectivity index (χ0) is 18.4. The Morgan fingerprint density at radius 2 is 1.88 bits per heavy atom. The van der Waals surface area contributed by atoms with Crippen LogP contribution in [0.15, 0.2) is 18.2 Å². The van der Waals surface area contributed by atoms with Crippen molar-refractivity contribution in [2.75, 3.05) is 0 Å². The molecule has 1 amide bonds. The number of likely N-dealkylation sites (tertiary alicyclic amines) is 1. The van der Waals surface area contributed by atoms with E-state index in [4.69, 9.17) is 11.6 Å². The van der Waals surface area contributed by atoms with Gasteiger partial charge >= 0.3 is 5.97 Å². The maximum atomic E-state index is 12.3. The molecule has 4 rings (SSSR count). The fraction of sp³-hybridized carbons (Fsp3) is 0.600. The number of carbonyl (C=O) groups excluding carboxylic acids is 1. The molecule has 1 aromatic rings. The number of hydrogen-bond donors (Lipinski definition) is 1. The molecule has 0 spiro atoms. The van der Waals surface area contributed by atoms with E-state index in [0.717, 1.165) is 42.8 Å². The minimum absolute atomic E-state index is 0.0172. The number of fused-ring (bicyclic) bond motifs is 2. The van der Waals surface area contributed by atoms with Gasteiger partial charge in [-0.1, -0.05) is 23.7 Å². The lowest BCUT2D eigenvalue weighted by atomic mass is 9.94. The second-order valence-electron chi connectivity index (χ2n) is 7.96. The van der Waals surface area contributed by atoms with E-state index in [0.29, 0.717) is 24.9 Å². The van der Waals surface area contributed by atoms with Gasteiger partial charge in [-0.2, -0.15) is 0 Å². The number of aryl methyl sites for hydroxylation is 1. The number of halogens is 1. The van der Waals surface area contributed by atoms with Gasteiger partial charge in [0.25, 0.3) is 0 Å². The molecule has 3 unspecified atom stereocenters. The van der Waals surface area contributed by atoms with Crippen molar-refractivity contribution in [1.29, 1.82) is 0 Å². The number of amides is 1. The van der Waals surface area contributed by atoms with Gasteiger partial charge < -0.3 is 10.0 Å². The lowest BCUT2D eigenvalue weighted by molar-refractivity contribution is -0.149. The summed E-state index contributed by atoms with van der Waals surface area (Å²) < 4.78 is 0. The maximum absolute atomic E-state index is 12.3. The standard InChI is InChI=1S/C20H25ClN2O3/c1-12-8-13(2-5-17(12)21)11-22-14-3-4-15(22)10-16(9-14)23-18(20(25)26)6-7-19(23)24/h2,5,8,14-16,18H,3-4,6-7,9-11H2,1H3,(H,25,26). The Bertz CT molecular complexity index is 724. The van der Waals surface area contributed by atoms with Gasteiger partial charge in [0, 0.05) is 36.1 Å². The Labute approximate surface area is 158 Å². The summed E-state index contributed by atoms with van der Waals surface area (Å²) in [5.74, 6) is -0.842. The van der Waals surface area contributed by atoms with Crippen molar-refractivity contribution in [3.63, 3.8) is 0 Å². The third-order valence-electron chi connectivity index (χ3n) is 6.38. The average Bonchev–Trinajstić information content (AvgIpc) is 3.07. The summed E-state index contributed by atoms with van der Waals surface area (Å²) in [5, 5.41) is 10.3. The summed E-state index contributed by atoms with van der Waals surface area (Å²) in [7, 11) is 0. The van der Waals surface area contributed by atoms with E-state index in [1.807, 2.05) is 13.0 Å². The second-order valence-corrected chi connectivity index (χ2v) is 8.37. The van der Waals surface area contributed by atoms with Crippen molar-refractivity contribution >= 4 is 23.5 Å². The molecule has 26 heavy (non-hydrogen) atoms. The number of nitrogens with zero attached hydrogens (tertiary/aromatic N) is 2. The lowest BCUT2D eigenvalue weighted by Gasteiger charge is -2.43. The second kappa shape index (κ2) is 6.86. The van der Waals surface area contributed by atoms with Crippen LogP contribution in [0.25, 0.3) is 0 Å². The van der Waals surface area contributed by atoms with Gasteiger partial charge in [0.05, 0.1) is 0 Å². The van der Waals surface area contributed by atoms with Gasteiger partial charge in [-0.3, -0.25) is 9.69 Å². The molecule has 1 aromatic carbocycles. The van der Waals surface area contributed by atoms with Gasteiger partial charge in [0.1, 0.15) is 6.04 Å². The molecular formula is C20H25ClN2O3. The van der Waals surface area contributed by atoms with E-state index in [1.165, 1.54) is 5.56 Å². The van der Waals surface area contributed by atoms with E-state index >= 15 is 0 Å². The number of piperidine rings is 1. The number of carboxylic acids is 1. The molecule has 6 heteroatoms. The van der Waals surface area contributed by atoms with Gasteiger partial charge in [0.2, 0.25) is 5.91 Å². The molecule has 1 N–H and O–H groups in total. The summed E-state index contributed by atoms with van der Waals surface area (Å²) in [6.45, 7) is 2.92. The van der Waals surface area contributed by atoms with E-state index in [1.54, 1.807) is 4.90 Å². The fourth-order valence-corrected chi connectivity index (χ4v) is 5.27. The first kappa shape index (κ1) is 17.8. The molecule has 3 aliphatic heterocycles. The fourth-order valence-electron chi connectivity index (χ4n) is 5.15. The molecule has 3 aliphatic rings. The van der Waals surface area contributed by atoms with Gasteiger partial charge in [-0.05, 0) is 56.2 Å². The molecule has 0 aromatic heterocycles. The monoisotopic (exact) mass is 376 g/mol. The SMILES string of the molecule is Cc1cc(CN2C3CCC2CC(N2C(=O)CCC2C(=O)O)C3)ccc1Cl. The van der Waals surface area contributed by atoms with E-state index < -0.39 is 12.0 Å². The number of hydrogen-bond acceptors (Lipinski definition) is 3. The molecule has 0 saturated carbocycles. The minimum atomic E-state index is -0.859. The normalized spacial score (nSPS) is 31.6. The van der Waals surface area contributed by atoms with Gasteiger partial charge in [-0.15, -0.1) is 0 Å². The summed E-state index contributed by atoms with van der Waals surface area (Å²) in [4.78, 5) is 28.1. The quantitative estimate of drug-likeness (QED) is 0.876. The highest BCUT2D eigenvalue weighted by molar-refractivity contribution is 6.31. The molecule has 3 saturated heterocycles. The van der Waals surface area contributed by atoms with Crippen molar-refractivity contribution in [3.05, 3.63) is 34.3 Å². The highest BCUT2D eigenvalue weighted by Gasteiger charge is 2.47. The number of carbonyl (C=O) groups is 2. The van der Waals surface area contributed by atoms with Crippen LogP contribution in [0.5, 0.6) is 0 Å². The molecular weight excluding hydrogens is 352 g/mol. The highest BCUT2D eigenvalue weighted by Crippen LogP contribution is 2.40. The Balaban J connectivity index is 1.48. The molecule has 5 nitrogen and oxygen atoms in total.